The van der Waals surface area contributed by atoms with Crippen molar-refractivity contribution >= 4 is 39.8 Å². The van der Waals surface area contributed by atoms with Crippen molar-refractivity contribution in [2.75, 3.05) is 12.4 Å². The molecule has 0 fully saturated rings. The lowest BCUT2D eigenvalue weighted by molar-refractivity contribution is -0.115. The van der Waals surface area contributed by atoms with Gasteiger partial charge in [-0.3, -0.25) is 10.1 Å². The molecule has 0 aliphatic rings. The van der Waals surface area contributed by atoms with Crippen molar-refractivity contribution in [2.45, 2.75) is 6.42 Å². The standard InChI is InChI=1S/C19H15ClN4O2S/c1-26-15-8-2-12(3-9-15)10-17(25)21-18-22-19-24(23-18)16(11-27-19)13-4-6-14(20)7-5-13/h2-9,11H,10H2,1H3,(H,21,23,25). The lowest BCUT2D eigenvalue weighted by Gasteiger charge is -2.03. The van der Waals surface area contributed by atoms with E-state index in [4.69, 9.17) is 16.3 Å². The Bertz CT molecular complexity index is 1090. The molecule has 1 N–H and O–H groups in total. The van der Waals surface area contributed by atoms with Crippen LogP contribution in [0, 0.1) is 0 Å². The van der Waals surface area contributed by atoms with Crippen LogP contribution in [0.2, 0.25) is 5.02 Å². The number of hydrogen-bond acceptors (Lipinski definition) is 5. The SMILES string of the molecule is COc1ccc(CC(=O)Nc2nc3scc(-c4ccc(Cl)cc4)n3n2)cc1. The van der Waals surface area contributed by atoms with Crippen LogP contribution in [0.15, 0.2) is 53.9 Å². The molecular weight excluding hydrogens is 384 g/mol. The van der Waals surface area contributed by atoms with E-state index in [1.807, 2.05) is 53.9 Å². The van der Waals surface area contributed by atoms with E-state index in [2.05, 4.69) is 15.4 Å². The minimum atomic E-state index is -0.175. The summed E-state index contributed by atoms with van der Waals surface area (Å²) in [6.45, 7) is 0. The quantitative estimate of drug-likeness (QED) is 0.544. The molecule has 2 aromatic carbocycles. The Morgan fingerprint density at radius 2 is 1.93 bits per heavy atom. The number of fused-ring (bicyclic) bond motifs is 1. The van der Waals surface area contributed by atoms with Crippen LogP contribution in [0.4, 0.5) is 5.95 Å². The number of carbonyl (C=O) groups excluding carboxylic acids is 1. The molecule has 0 bridgehead atoms. The molecule has 8 heteroatoms. The first-order valence-electron chi connectivity index (χ1n) is 8.15. The Morgan fingerprint density at radius 3 is 2.63 bits per heavy atom. The number of ether oxygens (including phenoxy) is 1. The Hall–Kier alpha value is -2.90. The third kappa shape index (κ3) is 3.79. The number of rotatable bonds is 5. The molecule has 0 aliphatic heterocycles. The van der Waals surface area contributed by atoms with Crippen molar-refractivity contribution in [2.24, 2.45) is 0 Å². The number of carbonyl (C=O) groups is 1. The molecule has 2 aromatic heterocycles. The van der Waals surface area contributed by atoms with Crippen LogP contribution in [-0.2, 0) is 11.2 Å². The van der Waals surface area contributed by atoms with Gasteiger partial charge in [0.15, 0.2) is 0 Å². The number of halogens is 1. The number of hydrogen-bond donors (Lipinski definition) is 1. The first kappa shape index (κ1) is 17.5. The van der Waals surface area contributed by atoms with Crippen LogP contribution >= 0.6 is 22.9 Å². The van der Waals surface area contributed by atoms with Crippen molar-refractivity contribution in [1.82, 2.24) is 14.6 Å². The molecule has 0 aliphatic carbocycles. The van der Waals surface area contributed by atoms with Gasteiger partial charge in [0.2, 0.25) is 16.8 Å². The smallest absolute Gasteiger partial charge is 0.250 e. The monoisotopic (exact) mass is 398 g/mol. The van der Waals surface area contributed by atoms with Crippen molar-refractivity contribution in [1.29, 1.82) is 0 Å². The molecule has 0 unspecified atom stereocenters. The summed E-state index contributed by atoms with van der Waals surface area (Å²) in [4.78, 5) is 17.4. The highest BCUT2D eigenvalue weighted by molar-refractivity contribution is 7.15. The summed E-state index contributed by atoms with van der Waals surface area (Å²) >= 11 is 7.41. The van der Waals surface area contributed by atoms with Gasteiger partial charge in [-0.1, -0.05) is 35.9 Å². The first-order chi connectivity index (χ1) is 13.1. The molecule has 136 valence electrons. The van der Waals surface area contributed by atoms with Gasteiger partial charge in [-0.25, -0.2) is 4.52 Å². The predicted octanol–water partition coefficient (Wildman–Crippen LogP) is 4.30. The first-order valence-corrected chi connectivity index (χ1v) is 9.41. The molecule has 0 saturated carbocycles. The van der Waals surface area contributed by atoms with E-state index in [1.165, 1.54) is 11.3 Å². The van der Waals surface area contributed by atoms with Crippen LogP contribution in [0.5, 0.6) is 5.75 Å². The van der Waals surface area contributed by atoms with Crippen molar-refractivity contribution < 1.29 is 9.53 Å². The van der Waals surface area contributed by atoms with Crippen LogP contribution in [0.25, 0.3) is 16.2 Å². The highest BCUT2D eigenvalue weighted by Crippen LogP contribution is 2.27. The number of benzene rings is 2. The fourth-order valence-corrected chi connectivity index (χ4v) is 3.61. The van der Waals surface area contributed by atoms with E-state index >= 15 is 0 Å². The van der Waals surface area contributed by atoms with E-state index < -0.39 is 0 Å². The van der Waals surface area contributed by atoms with Gasteiger partial charge in [-0.05, 0) is 29.8 Å². The van der Waals surface area contributed by atoms with Gasteiger partial charge in [-0.15, -0.1) is 16.4 Å². The molecule has 6 nitrogen and oxygen atoms in total. The van der Waals surface area contributed by atoms with Crippen molar-refractivity contribution in [3.8, 4) is 17.0 Å². The highest BCUT2D eigenvalue weighted by atomic mass is 35.5. The number of methoxy groups -OCH3 is 1. The van der Waals surface area contributed by atoms with E-state index in [1.54, 1.807) is 11.6 Å². The topological polar surface area (TPSA) is 68.5 Å². The molecule has 0 spiro atoms. The second-order valence-electron chi connectivity index (χ2n) is 5.83. The third-order valence-corrected chi connectivity index (χ3v) is 5.06. The number of amides is 1. The third-order valence-electron chi connectivity index (χ3n) is 4.00. The molecule has 0 atom stereocenters. The molecule has 27 heavy (non-hydrogen) atoms. The molecule has 2 heterocycles. The summed E-state index contributed by atoms with van der Waals surface area (Å²) in [7, 11) is 1.61. The predicted molar refractivity (Wildman–Crippen MR) is 107 cm³/mol. The fraction of sp³-hybridized carbons (Fsp3) is 0.105. The van der Waals surface area contributed by atoms with Crippen LogP contribution < -0.4 is 10.1 Å². The Labute approximate surface area is 164 Å². The van der Waals surface area contributed by atoms with Gasteiger partial charge in [0.25, 0.3) is 0 Å². The largest absolute Gasteiger partial charge is 0.497 e. The summed E-state index contributed by atoms with van der Waals surface area (Å²) in [5, 5.41) is 9.82. The van der Waals surface area contributed by atoms with Gasteiger partial charge in [0.1, 0.15) is 5.75 Å². The van der Waals surface area contributed by atoms with Gasteiger partial charge < -0.3 is 4.74 Å². The summed E-state index contributed by atoms with van der Waals surface area (Å²) in [6, 6.07) is 14.9. The molecule has 1 amide bonds. The number of nitrogens with zero attached hydrogens (tertiary/aromatic N) is 3. The number of aromatic nitrogens is 3. The minimum Gasteiger partial charge on any atom is -0.497 e. The van der Waals surface area contributed by atoms with Gasteiger partial charge >= 0.3 is 0 Å². The van der Waals surface area contributed by atoms with E-state index in [0.717, 1.165) is 22.6 Å². The molecule has 4 aromatic rings. The molecular formula is C19H15ClN4O2S. The lowest BCUT2D eigenvalue weighted by Crippen LogP contribution is -2.15. The maximum atomic E-state index is 12.3. The lowest BCUT2D eigenvalue weighted by atomic mass is 10.1. The molecule has 4 rings (SSSR count). The zero-order chi connectivity index (χ0) is 18.8. The average molecular weight is 399 g/mol. The second-order valence-corrected chi connectivity index (χ2v) is 7.10. The molecule has 0 radical (unpaired) electrons. The summed E-state index contributed by atoms with van der Waals surface area (Å²) in [6.07, 6.45) is 0.237. The molecule has 0 saturated heterocycles. The Kier molecular flexibility index (Phi) is 4.79. The van der Waals surface area contributed by atoms with Crippen LogP contribution in [0.1, 0.15) is 5.56 Å². The van der Waals surface area contributed by atoms with Gasteiger partial charge in [0, 0.05) is 16.0 Å². The van der Waals surface area contributed by atoms with Crippen LogP contribution in [0.3, 0.4) is 0 Å². The van der Waals surface area contributed by atoms with E-state index in [-0.39, 0.29) is 18.3 Å². The second kappa shape index (κ2) is 7.38. The maximum absolute atomic E-state index is 12.3. The van der Waals surface area contributed by atoms with Crippen molar-refractivity contribution in [3.63, 3.8) is 0 Å². The zero-order valence-corrected chi connectivity index (χ0v) is 15.9. The van der Waals surface area contributed by atoms with Gasteiger partial charge in [-0.2, -0.15) is 4.98 Å². The Morgan fingerprint density at radius 1 is 1.19 bits per heavy atom. The average Bonchev–Trinajstić information content (AvgIpc) is 3.23. The van der Waals surface area contributed by atoms with Crippen LogP contribution in [-0.4, -0.2) is 27.6 Å². The normalized spacial score (nSPS) is 10.9. The maximum Gasteiger partial charge on any atom is 0.250 e. The van der Waals surface area contributed by atoms with Crippen molar-refractivity contribution in [3.05, 3.63) is 64.5 Å². The summed E-state index contributed by atoms with van der Waals surface area (Å²) in [5.41, 5.74) is 2.76. The number of anilines is 1. The number of thiazole rings is 1. The number of nitrogens with one attached hydrogen (secondary N) is 1. The van der Waals surface area contributed by atoms with E-state index in [0.29, 0.717) is 9.98 Å². The highest BCUT2D eigenvalue weighted by Gasteiger charge is 2.13. The van der Waals surface area contributed by atoms with E-state index in [9.17, 15) is 4.79 Å². The summed E-state index contributed by atoms with van der Waals surface area (Å²) in [5.74, 6) is 0.868. The van der Waals surface area contributed by atoms with Gasteiger partial charge in [0.05, 0.1) is 19.2 Å². The summed E-state index contributed by atoms with van der Waals surface area (Å²) < 4.78 is 6.84. The minimum absolute atomic E-state index is 0.175. The zero-order valence-electron chi connectivity index (χ0n) is 14.3. The fourth-order valence-electron chi connectivity index (χ4n) is 2.65. The Balaban J connectivity index is 1.50.